The lowest BCUT2D eigenvalue weighted by atomic mass is 9.98. The van der Waals surface area contributed by atoms with E-state index in [1.165, 1.54) is 4.57 Å². The molecule has 3 fully saturated rings. The van der Waals surface area contributed by atoms with Crippen molar-refractivity contribution in [1.82, 2.24) is 4.57 Å². The maximum atomic E-state index is 15.7. The van der Waals surface area contributed by atoms with Gasteiger partial charge in [-0.3, -0.25) is 4.79 Å². The fraction of sp³-hybridized carbons (Fsp3) is 0.500. The summed E-state index contributed by atoms with van der Waals surface area (Å²) >= 11 is 0. The largest absolute Gasteiger partial charge is 0.477 e. The fourth-order valence-electron chi connectivity index (χ4n) is 5.11. The van der Waals surface area contributed by atoms with E-state index in [9.17, 15) is 14.7 Å². The van der Waals surface area contributed by atoms with Gasteiger partial charge in [0.1, 0.15) is 11.3 Å². The van der Waals surface area contributed by atoms with Crippen molar-refractivity contribution in [3.63, 3.8) is 0 Å². The Morgan fingerprint density at radius 2 is 1.86 bits per heavy atom. The van der Waals surface area contributed by atoms with E-state index in [2.05, 4.69) is 0 Å². The second-order valence-electron chi connectivity index (χ2n) is 8.50. The van der Waals surface area contributed by atoms with E-state index in [1.54, 1.807) is 4.90 Å². The van der Waals surface area contributed by atoms with Crippen LogP contribution < -0.4 is 21.8 Å². The Balaban J connectivity index is 1.76. The Morgan fingerprint density at radius 3 is 2.48 bits per heavy atom. The first-order valence-corrected chi connectivity index (χ1v) is 9.88. The summed E-state index contributed by atoms with van der Waals surface area (Å²) in [6.07, 6.45) is 4.44. The van der Waals surface area contributed by atoms with Gasteiger partial charge in [0.05, 0.1) is 16.6 Å². The van der Waals surface area contributed by atoms with Crippen LogP contribution in [0.4, 0.5) is 20.2 Å². The number of rotatable bonds is 3. The van der Waals surface area contributed by atoms with E-state index in [4.69, 9.17) is 11.5 Å². The van der Waals surface area contributed by atoms with Crippen LogP contribution in [-0.4, -0.2) is 34.8 Å². The van der Waals surface area contributed by atoms with Crippen LogP contribution >= 0.6 is 0 Å². The summed E-state index contributed by atoms with van der Waals surface area (Å²) in [5, 5.41) is 8.97. The molecule has 9 heteroatoms. The minimum absolute atomic E-state index is 0.0108. The fourth-order valence-corrected chi connectivity index (χ4v) is 5.11. The predicted octanol–water partition coefficient (Wildman–Crippen LogP) is 2.07. The molecule has 2 aromatic rings. The van der Waals surface area contributed by atoms with Crippen LogP contribution in [0, 0.1) is 23.5 Å². The molecule has 1 saturated heterocycles. The molecule has 29 heavy (non-hydrogen) atoms. The molecule has 0 radical (unpaired) electrons. The Morgan fingerprint density at radius 1 is 1.14 bits per heavy atom. The molecule has 1 aliphatic heterocycles. The maximum Gasteiger partial charge on any atom is 0.341 e. The zero-order chi connectivity index (χ0) is 20.6. The Kier molecular flexibility index (Phi) is 3.90. The molecule has 0 unspecified atom stereocenters. The molecule has 2 aliphatic carbocycles. The van der Waals surface area contributed by atoms with Crippen LogP contribution in [-0.2, 0) is 0 Å². The Bertz CT molecular complexity index is 1110. The number of nitrogens with two attached hydrogens (primary N) is 2. The second-order valence-corrected chi connectivity index (χ2v) is 8.50. The molecule has 3 aliphatic rings. The number of hydrogen-bond acceptors (Lipinski definition) is 5. The van der Waals surface area contributed by atoms with Crippen LogP contribution in [0.2, 0.25) is 0 Å². The highest BCUT2D eigenvalue weighted by Gasteiger charge is 2.43. The van der Waals surface area contributed by atoms with Crippen LogP contribution in [0.1, 0.15) is 42.1 Å². The number of carboxylic acids is 1. The van der Waals surface area contributed by atoms with Crippen LogP contribution in [0.25, 0.3) is 10.9 Å². The molecule has 0 amide bonds. The van der Waals surface area contributed by atoms with Gasteiger partial charge in [-0.2, -0.15) is 0 Å². The summed E-state index contributed by atoms with van der Waals surface area (Å²) in [5.74, 6) is -2.87. The van der Waals surface area contributed by atoms with Crippen molar-refractivity contribution in [3.8, 4) is 0 Å². The van der Waals surface area contributed by atoms with E-state index >= 15 is 8.78 Å². The number of nitrogen functional groups attached to an aromatic ring is 1. The van der Waals surface area contributed by atoms with E-state index in [0.29, 0.717) is 13.1 Å². The number of carbonyl (C=O) groups is 1. The number of carboxylic acid groups (broad SMARTS) is 1. The van der Waals surface area contributed by atoms with Gasteiger partial charge in [-0.25, -0.2) is 13.6 Å². The summed E-state index contributed by atoms with van der Waals surface area (Å²) < 4.78 is 32.4. The zero-order valence-corrected chi connectivity index (χ0v) is 15.7. The molecule has 2 saturated carbocycles. The van der Waals surface area contributed by atoms with Crippen molar-refractivity contribution >= 4 is 28.2 Å². The SMILES string of the molecule is Nc1c(F)c(N2C[C@@H]3CC[C@H](N)[C@@H]3C2)c(F)c2c1c(=O)c(C(=O)O)cn2C1CC1. The average molecular weight is 404 g/mol. The smallest absolute Gasteiger partial charge is 0.341 e. The number of nitrogens with zero attached hydrogens (tertiary/aromatic N) is 2. The van der Waals surface area contributed by atoms with E-state index < -0.39 is 39.7 Å². The van der Waals surface area contributed by atoms with Gasteiger partial charge in [0, 0.05) is 31.4 Å². The van der Waals surface area contributed by atoms with Gasteiger partial charge in [-0.1, -0.05) is 0 Å². The van der Waals surface area contributed by atoms with Gasteiger partial charge in [0.15, 0.2) is 11.6 Å². The Labute approximate surface area is 164 Å². The minimum Gasteiger partial charge on any atom is -0.477 e. The summed E-state index contributed by atoms with van der Waals surface area (Å²) in [6, 6.07) is -0.119. The first-order chi connectivity index (χ1) is 13.8. The highest BCUT2D eigenvalue weighted by molar-refractivity contribution is 5.99. The average Bonchev–Trinajstić information content (AvgIpc) is 3.34. The van der Waals surface area contributed by atoms with Crippen molar-refractivity contribution < 1.29 is 18.7 Å². The molecular weight excluding hydrogens is 382 g/mol. The third-order valence-electron chi connectivity index (χ3n) is 6.76. The zero-order valence-electron chi connectivity index (χ0n) is 15.7. The van der Waals surface area contributed by atoms with Gasteiger partial charge in [-0.05, 0) is 37.5 Å². The second kappa shape index (κ2) is 6.16. The summed E-state index contributed by atoms with van der Waals surface area (Å²) in [7, 11) is 0. The van der Waals surface area contributed by atoms with Crippen molar-refractivity contribution in [2.45, 2.75) is 37.8 Å². The van der Waals surface area contributed by atoms with Crippen molar-refractivity contribution in [2.75, 3.05) is 23.7 Å². The first-order valence-electron chi connectivity index (χ1n) is 9.88. The monoisotopic (exact) mass is 404 g/mol. The quantitative estimate of drug-likeness (QED) is 0.675. The van der Waals surface area contributed by atoms with Crippen molar-refractivity contribution in [1.29, 1.82) is 0 Å². The number of aromatic nitrogens is 1. The molecule has 2 heterocycles. The third-order valence-corrected chi connectivity index (χ3v) is 6.76. The molecule has 0 bridgehead atoms. The number of anilines is 2. The van der Waals surface area contributed by atoms with Crippen LogP contribution in [0.15, 0.2) is 11.0 Å². The first kappa shape index (κ1) is 18.4. The number of pyridine rings is 1. The summed E-state index contributed by atoms with van der Waals surface area (Å²) in [6.45, 7) is 0.920. The number of benzene rings is 1. The standard InChI is InChI=1S/C20H22F2N4O3/c21-14-16(24)13-17(26(9-2-3-9)7-11(19(13)27)20(28)29)15(22)18(14)25-5-8-1-4-12(23)10(8)6-25/h7-10,12H,1-6,23-24H2,(H,28,29)/t8-,10+,12-/m0/s1. The summed E-state index contributed by atoms with van der Waals surface area (Å²) in [5.41, 5.74) is 9.75. The number of halogens is 2. The van der Waals surface area contributed by atoms with E-state index in [0.717, 1.165) is 31.9 Å². The van der Waals surface area contributed by atoms with E-state index in [1.807, 2.05) is 0 Å². The molecule has 0 spiro atoms. The topological polar surface area (TPSA) is 115 Å². The predicted molar refractivity (Wildman–Crippen MR) is 104 cm³/mol. The Hall–Kier alpha value is -2.68. The highest BCUT2D eigenvalue weighted by Crippen LogP contribution is 2.45. The minimum atomic E-state index is -1.45. The van der Waals surface area contributed by atoms with Gasteiger partial charge in [0.25, 0.3) is 0 Å². The van der Waals surface area contributed by atoms with Gasteiger partial charge >= 0.3 is 5.97 Å². The molecule has 7 nitrogen and oxygen atoms in total. The lowest BCUT2D eigenvalue weighted by Gasteiger charge is -2.25. The molecule has 1 aromatic heterocycles. The van der Waals surface area contributed by atoms with Crippen LogP contribution in [0.5, 0.6) is 0 Å². The van der Waals surface area contributed by atoms with Crippen molar-refractivity contribution in [3.05, 3.63) is 33.6 Å². The molecule has 154 valence electrons. The van der Waals surface area contributed by atoms with E-state index in [-0.39, 0.29) is 35.1 Å². The van der Waals surface area contributed by atoms with Gasteiger partial charge < -0.3 is 26.0 Å². The number of aromatic carboxylic acids is 1. The number of fused-ring (bicyclic) bond motifs is 2. The van der Waals surface area contributed by atoms with Crippen molar-refractivity contribution in [2.24, 2.45) is 17.6 Å². The lowest BCUT2D eigenvalue weighted by Crippen LogP contribution is -2.31. The molecular formula is C20H22F2N4O3. The molecule has 1 aromatic carbocycles. The summed E-state index contributed by atoms with van der Waals surface area (Å²) in [4.78, 5) is 25.8. The number of hydrogen-bond donors (Lipinski definition) is 3. The third kappa shape index (κ3) is 2.56. The van der Waals surface area contributed by atoms with Gasteiger partial charge in [-0.15, -0.1) is 0 Å². The highest BCUT2D eigenvalue weighted by atomic mass is 19.1. The maximum absolute atomic E-state index is 15.7. The molecule has 3 atom stereocenters. The van der Waals surface area contributed by atoms with Crippen LogP contribution in [0.3, 0.4) is 0 Å². The molecule has 5 N–H and O–H groups in total. The lowest BCUT2D eigenvalue weighted by molar-refractivity contribution is 0.0695. The normalized spacial score (nSPS) is 26.3. The van der Waals surface area contributed by atoms with Gasteiger partial charge in [0.2, 0.25) is 5.43 Å². The molecule has 5 rings (SSSR count).